The van der Waals surface area contributed by atoms with Crippen molar-refractivity contribution in [1.29, 1.82) is 0 Å². The number of amides is 3. The van der Waals surface area contributed by atoms with Crippen LogP contribution >= 0.6 is 0 Å². The Kier molecular flexibility index (Phi) is 10.7. The van der Waals surface area contributed by atoms with E-state index in [-0.39, 0.29) is 30.6 Å². The summed E-state index contributed by atoms with van der Waals surface area (Å²) in [5.41, 5.74) is 5.74. The van der Waals surface area contributed by atoms with Crippen molar-refractivity contribution in [3.8, 4) is 0 Å². The highest BCUT2D eigenvalue weighted by Crippen LogP contribution is 2.04. The first kappa shape index (κ1) is 20.7. The second-order valence-electron chi connectivity index (χ2n) is 6.02. The smallest absolute Gasteiger partial charge is 0.238 e. The number of hydrogen-bond acceptors (Lipinski definition) is 3. The molecule has 1 aromatic carbocycles. The Hall–Kier alpha value is -2.37. The van der Waals surface area contributed by atoms with E-state index in [0.717, 1.165) is 24.8 Å². The van der Waals surface area contributed by atoms with E-state index in [1.54, 1.807) is 0 Å². The minimum atomic E-state index is -0.366. The van der Waals surface area contributed by atoms with Crippen molar-refractivity contribution in [2.75, 3.05) is 0 Å². The Morgan fingerprint density at radius 1 is 0.760 bits per heavy atom. The quantitative estimate of drug-likeness (QED) is 0.425. The summed E-state index contributed by atoms with van der Waals surface area (Å²) in [4.78, 5) is 34.9. The Morgan fingerprint density at radius 3 is 2.04 bits per heavy atom. The van der Waals surface area contributed by atoms with Crippen LogP contribution in [0.15, 0.2) is 30.3 Å². The predicted molar refractivity (Wildman–Crippen MR) is 97.2 cm³/mol. The van der Waals surface area contributed by atoms with Gasteiger partial charge in [0.25, 0.3) is 0 Å². The van der Waals surface area contributed by atoms with Crippen LogP contribution in [-0.2, 0) is 20.9 Å². The maximum Gasteiger partial charge on any atom is 0.238 e. The Labute approximate surface area is 149 Å². The molecule has 6 nitrogen and oxygen atoms in total. The van der Waals surface area contributed by atoms with Gasteiger partial charge in [-0.25, -0.2) is 0 Å². The molecule has 0 heterocycles. The van der Waals surface area contributed by atoms with Gasteiger partial charge in [-0.05, 0) is 12.0 Å². The van der Waals surface area contributed by atoms with Crippen LogP contribution in [0.1, 0.15) is 63.9 Å². The monoisotopic (exact) mass is 347 g/mol. The summed E-state index contributed by atoms with van der Waals surface area (Å²) in [6.07, 6.45) is 5.87. The Morgan fingerprint density at radius 2 is 1.36 bits per heavy atom. The number of carbonyl (C=O) groups excluding carboxylic acids is 3. The van der Waals surface area contributed by atoms with Crippen LogP contribution in [0.25, 0.3) is 0 Å². The number of carbonyl (C=O) groups is 3. The maximum absolute atomic E-state index is 11.7. The SMILES string of the molecule is CCCCCCCC(=O)NNC(=O)CCC(=O)NCc1ccccc1. The van der Waals surface area contributed by atoms with E-state index in [1.165, 1.54) is 12.8 Å². The van der Waals surface area contributed by atoms with Gasteiger partial charge in [-0.3, -0.25) is 25.2 Å². The highest BCUT2D eigenvalue weighted by Gasteiger charge is 2.08. The van der Waals surface area contributed by atoms with Gasteiger partial charge in [0, 0.05) is 25.8 Å². The zero-order valence-corrected chi connectivity index (χ0v) is 15.0. The molecule has 0 aliphatic heterocycles. The van der Waals surface area contributed by atoms with Crippen LogP contribution < -0.4 is 16.2 Å². The molecule has 1 aromatic rings. The topological polar surface area (TPSA) is 87.3 Å². The van der Waals surface area contributed by atoms with Gasteiger partial charge >= 0.3 is 0 Å². The summed E-state index contributed by atoms with van der Waals surface area (Å²) in [6.45, 7) is 2.58. The third kappa shape index (κ3) is 10.9. The molecule has 0 aliphatic rings. The lowest BCUT2D eigenvalue weighted by Crippen LogP contribution is -2.41. The third-order valence-corrected chi connectivity index (χ3v) is 3.76. The van der Waals surface area contributed by atoms with E-state index in [1.807, 2.05) is 30.3 Å². The summed E-state index contributed by atoms with van der Waals surface area (Å²) in [5.74, 6) is -0.756. The maximum atomic E-state index is 11.7. The average molecular weight is 347 g/mol. The molecule has 0 saturated carbocycles. The molecule has 25 heavy (non-hydrogen) atoms. The van der Waals surface area contributed by atoms with Crippen molar-refractivity contribution in [1.82, 2.24) is 16.2 Å². The number of unbranched alkanes of at least 4 members (excludes halogenated alkanes) is 4. The van der Waals surface area contributed by atoms with Gasteiger partial charge in [-0.2, -0.15) is 0 Å². The fourth-order valence-electron chi connectivity index (χ4n) is 2.27. The minimum Gasteiger partial charge on any atom is -0.352 e. The van der Waals surface area contributed by atoms with Crippen LogP contribution in [0.4, 0.5) is 0 Å². The van der Waals surface area contributed by atoms with Crippen LogP contribution in [0.3, 0.4) is 0 Å². The zero-order chi connectivity index (χ0) is 18.3. The fourth-order valence-corrected chi connectivity index (χ4v) is 2.27. The lowest BCUT2D eigenvalue weighted by Gasteiger charge is -2.08. The first-order valence-electron chi connectivity index (χ1n) is 9.00. The highest BCUT2D eigenvalue weighted by molar-refractivity contribution is 5.85. The zero-order valence-electron chi connectivity index (χ0n) is 15.0. The van der Waals surface area contributed by atoms with Gasteiger partial charge in [-0.1, -0.05) is 62.9 Å². The second kappa shape index (κ2) is 13.0. The van der Waals surface area contributed by atoms with Gasteiger partial charge in [0.05, 0.1) is 0 Å². The molecule has 0 fully saturated rings. The fraction of sp³-hybridized carbons (Fsp3) is 0.526. The molecule has 138 valence electrons. The van der Waals surface area contributed by atoms with Crippen molar-refractivity contribution in [3.63, 3.8) is 0 Å². The molecule has 0 bridgehead atoms. The van der Waals surface area contributed by atoms with E-state index in [2.05, 4.69) is 23.1 Å². The van der Waals surface area contributed by atoms with Crippen molar-refractivity contribution >= 4 is 17.7 Å². The molecule has 0 radical (unpaired) electrons. The van der Waals surface area contributed by atoms with Crippen molar-refractivity contribution in [2.24, 2.45) is 0 Å². The van der Waals surface area contributed by atoms with Crippen LogP contribution in [0.5, 0.6) is 0 Å². The number of hydrogen-bond donors (Lipinski definition) is 3. The normalized spacial score (nSPS) is 10.1. The van der Waals surface area contributed by atoms with Gasteiger partial charge < -0.3 is 5.32 Å². The number of hydrazine groups is 1. The second-order valence-corrected chi connectivity index (χ2v) is 6.02. The van der Waals surface area contributed by atoms with E-state index in [4.69, 9.17) is 0 Å². The predicted octanol–water partition coefficient (Wildman–Crippen LogP) is 2.59. The molecule has 0 aromatic heterocycles. The standard InChI is InChI=1S/C19H29N3O3/c1-2-3-4-5-9-12-18(24)21-22-19(25)14-13-17(23)20-15-16-10-7-6-8-11-16/h6-8,10-11H,2-5,9,12-15H2,1H3,(H,20,23)(H,21,24)(H,22,25). The summed E-state index contributed by atoms with van der Waals surface area (Å²) in [6, 6.07) is 9.56. The first-order valence-corrected chi connectivity index (χ1v) is 9.00. The molecular formula is C19H29N3O3. The number of benzene rings is 1. The third-order valence-electron chi connectivity index (χ3n) is 3.76. The van der Waals surface area contributed by atoms with E-state index >= 15 is 0 Å². The lowest BCUT2D eigenvalue weighted by molar-refractivity contribution is -0.130. The average Bonchev–Trinajstić information content (AvgIpc) is 2.63. The van der Waals surface area contributed by atoms with Crippen molar-refractivity contribution in [2.45, 2.75) is 64.8 Å². The molecule has 0 atom stereocenters. The molecule has 0 aliphatic carbocycles. The summed E-state index contributed by atoms with van der Waals surface area (Å²) >= 11 is 0. The van der Waals surface area contributed by atoms with Gasteiger partial charge in [-0.15, -0.1) is 0 Å². The highest BCUT2D eigenvalue weighted by atomic mass is 16.2. The van der Waals surface area contributed by atoms with Crippen molar-refractivity contribution in [3.05, 3.63) is 35.9 Å². The molecule has 0 unspecified atom stereocenters. The minimum absolute atomic E-state index is 0.0391. The summed E-state index contributed by atoms with van der Waals surface area (Å²) < 4.78 is 0. The molecule has 1 rings (SSSR count). The van der Waals surface area contributed by atoms with Gasteiger partial charge in [0.1, 0.15) is 0 Å². The lowest BCUT2D eigenvalue weighted by atomic mass is 10.1. The van der Waals surface area contributed by atoms with E-state index in [9.17, 15) is 14.4 Å². The molecule has 3 amide bonds. The summed E-state index contributed by atoms with van der Waals surface area (Å²) in [7, 11) is 0. The van der Waals surface area contributed by atoms with Crippen molar-refractivity contribution < 1.29 is 14.4 Å². The van der Waals surface area contributed by atoms with Crippen LogP contribution in [-0.4, -0.2) is 17.7 Å². The molecule has 3 N–H and O–H groups in total. The molecule has 6 heteroatoms. The first-order chi connectivity index (χ1) is 12.1. The largest absolute Gasteiger partial charge is 0.352 e. The van der Waals surface area contributed by atoms with Gasteiger partial charge in [0.2, 0.25) is 17.7 Å². The molecular weight excluding hydrogens is 318 g/mol. The number of nitrogens with one attached hydrogen (secondary N) is 3. The molecule has 0 saturated heterocycles. The van der Waals surface area contributed by atoms with Crippen LogP contribution in [0.2, 0.25) is 0 Å². The summed E-state index contributed by atoms with van der Waals surface area (Å²) in [5, 5.41) is 2.76. The number of rotatable bonds is 11. The Bertz CT molecular complexity index is 532. The van der Waals surface area contributed by atoms with E-state index in [0.29, 0.717) is 13.0 Å². The molecule has 0 spiro atoms. The Balaban J connectivity index is 2.05. The van der Waals surface area contributed by atoms with E-state index < -0.39 is 0 Å². The van der Waals surface area contributed by atoms with Gasteiger partial charge in [0.15, 0.2) is 0 Å². The van der Waals surface area contributed by atoms with Crippen LogP contribution in [0, 0.1) is 0 Å².